The molecule has 140 valence electrons. The zero-order chi connectivity index (χ0) is 19.4. The molecule has 0 saturated carbocycles. The zero-order valence-electron chi connectivity index (χ0n) is 15.0. The number of hydrogen-bond acceptors (Lipinski definition) is 4. The van der Waals surface area contributed by atoms with Crippen LogP contribution < -0.4 is 10.6 Å². The van der Waals surface area contributed by atoms with Crippen LogP contribution in [0.4, 0.5) is 5.82 Å². The highest BCUT2D eigenvalue weighted by atomic mass is 35.5. The quantitative estimate of drug-likeness (QED) is 0.794. The standard InChI is InChI=1S/C20H21ClN4O2/c1-3-20(27)25-7-6-22-12-18(25)16-8-15(9-17(21)10-16)14-4-5-23-19(11-14)24-13(2)26/h3-5,8-11,18,22H,1,6-7,12H2,2H3,(H,23,24,26). The summed E-state index contributed by atoms with van der Waals surface area (Å²) in [6.07, 6.45) is 2.98. The Labute approximate surface area is 163 Å². The van der Waals surface area contributed by atoms with Crippen molar-refractivity contribution in [2.45, 2.75) is 13.0 Å². The minimum absolute atomic E-state index is 0.0973. The number of halogens is 1. The normalized spacial score (nSPS) is 16.7. The van der Waals surface area contributed by atoms with Crippen LogP contribution in [0.1, 0.15) is 18.5 Å². The number of pyridine rings is 1. The summed E-state index contributed by atoms with van der Waals surface area (Å²) in [4.78, 5) is 29.5. The van der Waals surface area contributed by atoms with Crippen LogP contribution in [0.5, 0.6) is 0 Å². The van der Waals surface area contributed by atoms with Gasteiger partial charge in [-0.05, 0) is 53.1 Å². The third-order valence-corrected chi connectivity index (χ3v) is 4.62. The summed E-state index contributed by atoms with van der Waals surface area (Å²) in [7, 11) is 0. The second kappa shape index (κ2) is 8.33. The van der Waals surface area contributed by atoms with Crippen molar-refractivity contribution in [3.8, 4) is 11.1 Å². The van der Waals surface area contributed by atoms with Crippen LogP contribution in [0.15, 0.2) is 49.2 Å². The van der Waals surface area contributed by atoms with Crippen molar-refractivity contribution >= 4 is 29.2 Å². The molecule has 0 aliphatic carbocycles. The Bertz CT molecular complexity index is 884. The molecule has 2 amide bonds. The smallest absolute Gasteiger partial charge is 0.246 e. The summed E-state index contributed by atoms with van der Waals surface area (Å²) < 4.78 is 0. The molecule has 1 atom stereocenters. The highest BCUT2D eigenvalue weighted by molar-refractivity contribution is 6.31. The molecule has 1 unspecified atom stereocenters. The van der Waals surface area contributed by atoms with Crippen molar-refractivity contribution in [1.29, 1.82) is 0 Å². The van der Waals surface area contributed by atoms with Gasteiger partial charge < -0.3 is 15.5 Å². The fourth-order valence-electron chi connectivity index (χ4n) is 3.21. The first-order valence-electron chi connectivity index (χ1n) is 8.66. The maximum atomic E-state index is 12.2. The molecular weight excluding hydrogens is 364 g/mol. The van der Waals surface area contributed by atoms with E-state index in [9.17, 15) is 9.59 Å². The van der Waals surface area contributed by atoms with Gasteiger partial charge >= 0.3 is 0 Å². The van der Waals surface area contributed by atoms with Crippen LogP contribution in [-0.2, 0) is 9.59 Å². The average Bonchev–Trinajstić information content (AvgIpc) is 2.66. The summed E-state index contributed by atoms with van der Waals surface area (Å²) in [6.45, 7) is 7.04. The van der Waals surface area contributed by atoms with E-state index in [1.54, 1.807) is 17.2 Å². The average molecular weight is 385 g/mol. The van der Waals surface area contributed by atoms with E-state index in [-0.39, 0.29) is 17.9 Å². The zero-order valence-corrected chi connectivity index (χ0v) is 15.8. The van der Waals surface area contributed by atoms with E-state index in [1.807, 2.05) is 24.3 Å². The predicted octanol–water partition coefficient (Wildman–Crippen LogP) is 3.02. The molecule has 1 saturated heterocycles. The lowest BCUT2D eigenvalue weighted by molar-refractivity contribution is -0.129. The Morgan fingerprint density at radius 3 is 2.89 bits per heavy atom. The van der Waals surface area contributed by atoms with E-state index in [0.29, 0.717) is 23.9 Å². The number of carbonyl (C=O) groups is 2. The third kappa shape index (κ3) is 4.53. The van der Waals surface area contributed by atoms with Gasteiger partial charge in [0, 0.05) is 37.8 Å². The van der Waals surface area contributed by atoms with Crippen LogP contribution >= 0.6 is 11.6 Å². The molecule has 0 spiro atoms. The van der Waals surface area contributed by atoms with E-state index < -0.39 is 0 Å². The summed E-state index contributed by atoms with van der Waals surface area (Å²) in [5, 5.41) is 6.58. The van der Waals surface area contributed by atoms with Gasteiger partial charge in [-0.1, -0.05) is 18.2 Å². The van der Waals surface area contributed by atoms with Crippen LogP contribution in [-0.4, -0.2) is 41.3 Å². The van der Waals surface area contributed by atoms with E-state index in [0.717, 1.165) is 23.2 Å². The number of piperazine rings is 1. The largest absolute Gasteiger partial charge is 0.330 e. The van der Waals surface area contributed by atoms with Crippen molar-refractivity contribution in [3.05, 3.63) is 59.8 Å². The minimum Gasteiger partial charge on any atom is -0.330 e. The molecule has 3 rings (SSSR count). The van der Waals surface area contributed by atoms with Crippen molar-refractivity contribution in [2.24, 2.45) is 0 Å². The highest BCUT2D eigenvalue weighted by Gasteiger charge is 2.27. The number of amides is 2. The van der Waals surface area contributed by atoms with Gasteiger partial charge in [-0.25, -0.2) is 4.98 Å². The molecule has 2 heterocycles. The molecule has 2 aromatic rings. The van der Waals surface area contributed by atoms with E-state index in [2.05, 4.69) is 22.2 Å². The van der Waals surface area contributed by atoms with E-state index in [1.165, 1.54) is 13.0 Å². The topological polar surface area (TPSA) is 74.3 Å². The number of nitrogens with one attached hydrogen (secondary N) is 2. The molecule has 0 bridgehead atoms. The molecule has 6 nitrogen and oxygen atoms in total. The second-order valence-corrected chi connectivity index (χ2v) is 6.78. The highest BCUT2D eigenvalue weighted by Crippen LogP contribution is 2.31. The molecule has 27 heavy (non-hydrogen) atoms. The van der Waals surface area contributed by atoms with Gasteiger partial charge in [-0.2, -0.15) is 0 Å². The van der Waals surface area contributed by atoms with Gasteiger partial charge in [0.25, 0.3) is 0 Å². The number of hydrogen-bond donors (Lipinski definition) is 2. The molecule has 1 fully saturated rings. The van der Waals surface area contributed by atoms with Crippen molar-refractivity contribution in [2.75, 3.05) is 25.0 Å². The number of aromatic nitrogens is 1. The first kappa shape index (κ1) is 19.1. The lowest BCUT2D eigenvalue weighted by Crippen LogP contribution is -2.48. The summed E-state index contributed by atoms with van der Waals surface area (Å²) in [5.74, 6) is 0.197. The Balaban J connectivity index is 1.98. The molecule has 1 aliphatic rings. The van der Waals surface area contributed by atoms with Gasteiger partial charge in [0.2, 0.25) is 11.8 Å². The molecule has 1 aromatic heterocycles. The fraction of sp³-hybridized carbons (Fsp3) is 0.250. The number of benzene rings is 1. The first-order valence-corrected chi connectivity index (χ1v) is 9.04. The maximum Gasteiger partial charge on any atom is 0.246 e. The van der Waals surface area contributed by atoms with Gasteiger partial charge in [0.05, 0.1) is 6.04 Å². The van der Waals surface area contributed by atoms with Gasteiger partial charge in [-0.15, -0.1) is 0 Å². The fourth-order valence-corrected chi connectivity index (χ4v) is 3.46. The van der Waals surface area contributed by atoms with Crippen LogP contribution in [0.2, 0.25) is 5.02 Å². The Hall–Kier alpha value is -2.70. The summed E-state index contributed by atoms with van der Waals surface area (Å²) in [5.41, 5.74) is 2.71. The van der Waals surface area contributed by atoms with Crippen molar-refractivity contribution in [1.82, 2.24) is 15.2 Å². The SMILES string of the molecule is C=CC(=O)N1CCNCC1c1cc(Cl)cc(-c2ccnc(NC(C)=O)c2)c1. The number of nitrogens with zero attached hydrogens (tertiary/aromatic N) is 2. The van der Waals surface area contributed by atoms with Gasteiger partial charge in [0.15, 0.2) is 0 Å². The maximum absolute atomic E-state index is 12.2. The Kier molecular flexibility index (Phi) is 5.88. The monoisotopic (exact) mass is 384 g/mol. The molecule has 7 heteroatoms. The molecule has 2 N–H and O–H groups in total. The lowest BCUT2D eigenvalue weighted by Gasteiger charge is -2.36. The number of anilines is 1. The van der Waals surface area contributed by atoms with E-state index >= 15 is 0 Å². The summed E-state index contributed by atoms with van der Waals surface area (Å²) in [6, 6.07) is 9.27. The predicted molar refractivity (Wildman–Crippen MR) is 107 cm³/mol. The van der Waals surface area contributed by atoms with E-state index in [4.69, 9.17) is 11.6 Å². The molecule has 0 radical (unpaired) electrons. The van der Waals surface area contributed by atoms with Crippen LogP contribution in [0.3, 0.4) is 0 Å². The number of rotatable bonds is 4. The van der Waals surface area contributed by atoms with Crippen molar-refractivity contribution in [3.63, 3.8) is 0 Å². The first-order chi connectivity index (χ1) is 13.0. The minimum atomic E-state index is -0.182. The Morgan fingerprint density at radius 1 is 1.33 bits per heavy atom. The second-order valence-electron chi connectivity index (χ2n) is 6.34. The molecule has 1 aliphatic heterocycles. The number of carbonyl (C=O) groups excluding carboxylic acids is 2. The third-order valence-electron chi connectivity index (χ3n) is 4.40. The molecule has 1 aromatic carbocycles. The van der Waals surface area contributed by atoms with Gasteiger partial charge in [-0.3, -0.25) is 9.59 Å². The summed E-state index contributed by atoms with van der Waals surface area (Å²) >= 11 is 6.38. The van der Waals surface area contributed by atoms with Crippen LogP contribution in [0.25, 0.3) is 11.1 Å². The lowest BCUT2D eigenvalue weighted by atomic mass is 9.97. The molecular formula is C20H21ClN4O2. The van der Waals surface area contributed by atoms with Crippen LogP contribution in [0, 0.1) is 0 Å². The Morgan fingerprint density at radius 2 is 2.15 bits per heavy atom. The van der Waals surface area contributed by atoms with Crippen molar-refractivity contribution < 1.29 is 9.59 Å². The van der Waals surface area contributed by atoms with Gasteiger partial charge in [0.1, 0.15) is 5.82 Å².